The Balaban J connectivity index is 1.53. The van der Waals surface area contributed by atoms with Crippen molar-refractivity contribution in [1.29, 1.82) is 0 Å². The quantitative estimate of drug-likeness (QED) is 0.494. The van der Waals surface area contributed by atoms with Gasteiger partial charge in [0.1, 0.15) is 5.75 Å². The Hall–Kier alpha value is -2.75. The summed E-state index contributed by atoms with van der Waals surface area (Å²) in [5, 5.41) is 5.02. The molecule has 0 N–H and O–H groups in total. The predicted molar refractivity (Wildman–Crippen MR) is 123 cm³/mol. The number of hydrogen-bond acceptors (Lipinski definition) is 3. The highest BCUT2D eigenvalue weighted by atomic mass is 16.5. The van der Waals surface area contributed by atoms with Gasteiger partial charge in [0, 0.05) is 31.3 Å². The predicted octanol–water partition coefficient (Wildman–Crippen LogP) is 5.55. The molecule has 158 valence electrons. The molecule has 0 aliphatic carbocycles. The van der Waals surface area contributed by atoms with Crippen molar-refractivity contribution in [3.63, 3.8) is 0 Å². The number of anilines is 1. The first-order valence-electron chi connectivity index (χ1n) is 11.2. The summed E-state index contributed by atoms with van der Waals surface area (Å²) < 4.78 is 8.01. The molecule has 1 aliphatic rings. The van der Waals surface area contributed by atoms with Gasteiger partial charge in [-0.05, 0) is 48.4 Å². The van der Waals surface area contributed by atoms with Crippen LogP contribution in [0.25, 0.3) is 0 Å². The molecule has 3 aromatic rings. The normalized spacial score (nSPS) is 14.3. The van der Waals surface area contributed by atoms with Crippen molar-refractivity contribution in [2.45, 2.75) is 46.1 Å². The minimum atomic E-state index is 0.530. The standard InChI is InChI=1S/C26H33N3O/c1-21(2)20-30-25-13-11-23(12-14-25)19-29-24(17-22-9-5-3-6-10-22)18-26(27-29)28-15-7-4-8-16-28/h3,5-6,9-14,18,21H,4,7-8,15-17,19-20H2,1-2H3. The largest absolute Gasteiger partial charge is 0.493 e. The fourth-order valence-corrected chi connectivity index (χ4v) is 3.93. The van der Waals surface area contributed by atoms with Crippen LogP contribution < -0.4 is 9.64 Å². The molecule has 4 nitrogen and oxygen atoms in total. The van der Waals surface area contributed by atoms with Gasteiger partial charge in [-0.2, -0.15) is 5.10 Å². The van der Waals surface area contributed by atoms with E-state index >= 15 is 0 Å². The van der Waals surface area contributed by atoms with Gasteiger partial charge in [-0.1, -0.05) is 56.3 Å². The molecule has 1 aromatic heterocycles. The van der Waals surface area contributed by atoms with Crippen LogP contribution in [0, 0.1) is 5.92 Å². The van der Waals surface area contributed by atoms with E-state index in [1.807, 2.05) is 0 Å². The summed E-state index contributed by atoms with van der Waals surface area (Å²) in [5.74, 6) is 2.59. The molecule has 0 radical (unpaired) electrons. The Morgan fingerprint density at radius 3 is 2.33 bits per heavy atom. The average Bonchev–Trinajstić information content (AvgIpc) is 3.17. The molecule has 1 fully saturated rings. The summed E-state index contributed by atoms with van der Waals surface area (Å²) in [6.07, 6.45) is 4.76. The number of ether oxygens (including phenoxy) is 1. The van der Waals surface area contributed by atoms with E-state index in [1.54, 1.807) is 0 Å². The van der Waals surface area contributed by atoms with Crippen molar-refractivity contribution < 1.29 is 4.74 Å². The maximum atomic E-state index is 5.83. The maximum Gasteiger partial charge on any atom is 0.150 e. The van der Waals surface area contributed by atoms with Gasteiger partial charge in [0.15, 0.2) is 5.82 Å². The lowest BCUT2D eigenvalue weighted by atomic mass is 10.1. The van der Waals surface area contributed by atoms with Crippen molar-refractivity contribution in [3.05, 3.63) is 77.5 Å². The van der Waals surface area contributed by atoms with Crippen molar-refractivity contribution in [2.75, 3.05) is 24.6 Å². The zero-order valence-corrected chi connectivity index (χ0v) is 18.3. The van der Waals surface area contributed by atoms with Gasteiger partial charge >= 0.3 is 0 Å². The molecule has 30 heavy (non-hydrogen) atoms. The molecule has 2 aromatic carbocycles. The summed E-state index contributed by atoms with van der Waals surface area (Å²) in [6, 6.07) is 21.4. The van der Waals surface area contributed by atoms with Crippen LogP contribution in [0.4, 0.5) is 5.82 Å². The first kappa shape index (κ1) is 20.5. The molecule has 0 spiro atoms. The van der Waals surface area contributed by atoms with E-state index in [-0.39, 0.29) is 0 Å². The van der Waals surface area contributed by atoms with E-state index in [2.05, 4.69) is 84.1 Å². The van der Waals surface area contributed by atoms with E-state index in [0.717, 1.165) is 44.2 Å². The topological polar surface area (TPSA) is 30.3 Å². The molecule has 4 heteroatoms. The smallest absolute Gasteiger partial charge is 0.150 e. The Labute approximate surface area is 180 Å². The molecule has 0 amide bonds. The third kappa shape index (κ3) is 5.44. The first-order valence-corrected chi connectivity index (χ1v) is 11.2. The van der Waals surface area contributed by atoms with Crippen LogP contribution in [-0.2, 0) is 13.0 Å². The van der Waals surface area contributed by atoms with E-state index in [0.29, 0.717) is 5.92 Å². The van der Waals surface area contributed by atoms with Crippen LogP contribution in [0.1, 0.15) is 49.9 Å². The Kier molecular flexibility index (Phi) is 6.73. The second-order valence-corrected chi connectivity index (χ2v) is 8.71. The van der Waals surface area contributed by atoms with Gasteiger partial charge in [0.05, 0.1) is 13.2 Å². The monoisotopic (exact) mass is 403 g/mol. The molecule has 1 aliphatic heterocycles. The lowest BCUT2D eigenvalue weighted by molar-refractivity contribution is 0.271. The molecule has 2 heterocycles. The van der Waals surface area contributed by atoms with E-state index in [4.69, 9.17) is 9.84 Å². The summed E-state index contributed by atoms with van der Waals surface area (Å²) in [4.78, 5) is 2.44. The minimum absolute atomic E-state index is 0.530. The number of nitrogens with zero attached hydrogens (tertiary/aromatic N) is 3. The first-order chi connectivity index (χ1) is 14.7. The molecule has 1 saturated heterocycles. The molecule has 0 unspecified atom stereocenters. The summed E-state index contributed by atoms with van der Waals surface area (Å²) in [5.41, 5.74) is 3.83. The lowest BCUT2D eigenvalue weighted by Crippen LogP contribution is -2.29. The number of aromatic nitrogens is 2. The van der Waals surface area contributed by atoms with Gasteiger partial charge in [-0.3, -0.25) is 4.68 Å². The maximum absolute atomic E-state index is 5.83. The molecule has 0 bridgehead atoms. The highest BCUT2D eigenvalue weighted by Gasteiger charge is 2.17. The van der Waals surface area contributed by atoms with Gasteiger partial charge in [-0.15, -0.1) is 0 Å². The highest BCUT2D eigenvalue weighted by Crippen LogP contribution is 2.23. The van der Waals surface area contributed by atoms with Crippen LogP contribution in [0.5, 0.6) is 5.75 Å². The molecular weight excluding hydrogens is 370 g/mol. The zero-order valence-electron chi connectivity index (χ0n) is 18.3. The Morgan fingerprint density at radius 2 is 1.63 bits per heavy atom. The van der Waals surface area contributed by atoms with Crippen molar-refractivity contribution in [1.82, 2.24) is 9.78 Å². The molecule has 0 saturated carbocycles. The fraction of sp³-hybridized carbons (Fsp3) is 0.423. The minimum Gasteiger partial charge on any atom is -0.493 e. The van der Waals surface area contributed by atoms with Crippen LogP contribution in [0.15, 0.2) is 60.7 Å². The highest BCUT2D eigenvalue weighted by molar-refractivity contribution is 5.42. The van der Waals surface area contributed by atoms with Crippen molar-refractivity contribution in [2.24, 2.45) is 5.92 Å². The molecule has 0 atom stereocenters. The van der Waals surface area contributed by atoms with E-state index < -0.39 is 0 Å². The SMILES string of the molecule is CC(C)COc1ccc(Cn2nc(N3CCCCC3)cc2Cc2ccccc2)cc1. The second-order valence-electron chi connectivity index (χ2n) is 8.71. The number of piperidine rings is 1. The third-order valence-corrected chi connectivity index (χ3v) is 5.60. The number of hydrogen-bond donors (Lipinski definition) is 0. The van der Waals surface area contributed by atoms with Crippen LogP contribution in [0.3, 0.4) is 0 Å². The number of benzene rings is 2. The van der Waals surface area contributed by atoms with Gasteiger partial charge in [0.25, 0.3) is 0 Å². The fourth-order valence-electron chi connectivity index (χ4n) is 3.93. The zero-order chi connectivity index (χ0) is 20.8. The van der Waals surface area contributed by atoms with E-state index in [1.165, 1.54) is 36.1 Å². The number of rotatable bonds is 8. The van der Waals surface area contributed by atoms with Crippen LogP contribution in [-0.4, -0.2) is 29.5 Å². The average molecular weight is 404 g/mol. The summed E-state index contributed by atoms with van der Waals surface area (Å²) in [6.45, 7) is 8.09. The summed E-state index contributed by atoms with van der Waals surface area (Å²) in [7, 11) is 0. The van der Waals surface area contributed by atoms with E-state index in [9.17, 15) is 0 Å². The Bertz CT molecular complexity index is 909. The van der Waals surface area contributed by atoms with Gasteiger partial charge in [0.2, 0.25) is 0 Å². The lowest BCUT2D eigenvalue weighted by Gasteiger charge is -2.26. The Morgan fingerprint density at radius 1 is 0.900 bits per heavy atom. The van der Waals surface area contributed by atoms with Crippen molar-refractivity contribution in [3.8, 4) is 5.75 Å². The van der Waals surface area contributed by atoms with Crippen LogP contribution in [0.2, 0.25) is 0 Å². The third-order valence-electron chi connectivity index (χ3n) is 5.60. The summed E-state index contributed by atoms with van der Waals surface area (Å²) >= 11 is 0. The molecular formula is C26H33N3O. The molecule has 4 rings (SSSR count). The van der Waals surface area contributed by atoms with Gasteiger partial charge < -0.3 is 9.64 Å². The second kappa shape index (κ2) is 9.84. The van der Waals surface area contributed by atoms with Gasteiger partial charge in [-0.25, -0.2) is 0 Å². The van der Waals surface area contributed by atoms with Crippen LogP contribution >= 0.6 is 0 Å². The van der Waals surface area contributed by atoms with Crippen molar-refractivity contribution >= 4 is 5.82 Å².